The first-order valence-electron chi connectivity index (χ1n) is 15.7. The second kappa shape index (κ2) is 20.6. The molecule has 0 atom stereocenters. The number of rotatable bonds is 11. The van der Waals surface area contributed by atoms with Gasteiger partial charge in [-0.1, -0.05) is 35.4 Å². The summed E-state index contributed by atoms with van der Waals surface area (Å²) in [5, 5.41) is 21.1. The summed E-state index contributed by atoms with van der Waals surface area (Å²) < 4.78 is 18.9. The molecule has 51 heavy (non-hydrogen) atoms. The SMILES string of the molecule is CCOC(OCC)OCC.CSc1sc(C(=O)Nc2ccc(C)cc2)c(N)c1C#N.CSc1sc2c(=O)n(-c3ccc(C)cc3)cnc2c1C#N. The topological polar surface area (TPSA) is 165 Å². The summed E-state index contributed by atoms with van der Waals surface area (Å²) in [4.78, 5) is 29.5. The van der Waals surface area contributed by atoms with Crippen molar-refractivity contribution in [3.8, 4) is 17.8 Å². The number of hydrogen-bond donors (Lipinski definition) is 2. The standard InChI is InChI=1S/C15H11N3OS2.C14H13N3OS2.C7H16O3/c1-9-3-5-10(6-4-9)18-8-17-12-11(7-16)15(20-2)21-13(12)14(18)19;1-8-3-5-9(6-4-8)17-13(18)12-11(16)10(7-15)14(19-2)20-12;1-4-8-7(9-5-2)10-6-3/h3-6,8H,1-2H3;3-6H,16H2,1-2H3,(H,17,18);7H,4-6H2,1-3H3. The summed E-state index contributed by atoms with van der Waals surface area (Å²) in [6.07, 6.45) is 5.24. The molecule has 0 unspecified atom stereocenters. The van der Waals surface area contributed by atoms with Crippen molar-refractivity contribution in [1.82, 2.24) is 9.55 Å². The molecule has 3 aromatic heterocycles. The van der Waals surface area contributed by atoms with Gasteiger partial charge in [0.25, 0.3) is 17.9 Å². The zero-order chi connectivity index (χ0) is 37.5. The highest BCUT2D eigenvalue weighted by Crippen LogP contribution is 2.37. The van der Waals surface area contributed by atoms with E-state index in [1.165, 1.54) is 57.1 Å². The lowest BCUT2D eigenvalue weighted by Gasteiger charge is -2.15. The fourth-order valence-electron chi connectivity index (χ4n) is 4.30. The third kappa shape index (κ3) is 10.9. The lowest BCUT2D eigenvalue weighted by atomic mass is 10.2. The number of thiophene rings is 2. The molecule has 0 fully saturated rings. The Kier molecular flexibility index (Phi) is 16.7. The Bertz CT molecular complexity index is 2030. The van der Waals surface area contributed by atoms with E-state index in [1.807, 2.05) is 102 Å². The number of nitriles is 2. The van der Waals surface area contributed by atoms with Crippen molar-refractivity contribution in [1.29, 1.82) is 10.5 Å². The monoisotopic (exact) mass is 764 g/mol. The molecule has 0 aliphatic rings. The number of carbonyl (C=O) groups excluding carboxylic acids is 1. The zero-order valence-corrected chi connectivity index (χ0v) is 32.7. The smallest absolute Gasteiger partial charge is 0.275 e. The van der Waals surface area contributed by atoms with Crippen molar-refractivity contribution in [2.45, 2.75) is 49.5 Å². The maximum Gasteiger partial charge on any atom is 0.275 e. The Hall–Kier alpha value is -4.19. The molecule has 0 aliphatic carbocycles. The number of nitrogens with zero attached hydrogens (tertiary/aromatic N) is 4. The van der Waals surface area contributed by atoms with Gasteiger partial charge in [0.05, 0.1) is 19.8 Å². The molecule has 268 valence electrons. The van der Waals surface area contributed by atoms with Gasteiger partial charge in [0.15, 0.2) is 0 Å². The number of anilines is 2. The van der Waals surface area contributed by atoms with Crippen molar-refractivity contribution in [2.75, 3.05) is 43.4 Å². The van der Waals surface area contributed by atoms with Gasteiger partial charge in [-0.3, -0.25) is 14.2 Å². The number of hydrogen-bond acceptors (Lipinski definition) is 13. The predicted molar refractivity (Wildman–Crippen MR) is 209 cm³/mol. The molecule has 0 spiro atoms. The third-order valence-electron chi connectivity index (χ3n) is 6.81. The highest BCUT2D eigenvalue weighted by atomic mass is 32.2. The molecule has 3 N–H and O–H groups in total. The first kappa shape index (κ1) is 41.2. The summed E-state index contributed by atoms with van der Waals surface area (Å²) in [6, 6.07) is 19.4. The number of benzene rings is 2. The van der Waals surface area contributed by atoms with Crippen LogP contribution in [0.2, 0.25) is 0 Å². The Labute approximate surface area is 314 Å². The van der Waals surface area contributed by atoms with Gasteiger partial charge in [0.2, 0.25) is 0 Å². The minimum Gasteiger partial charge on any atom is -0.396 e. The van der Waals surface area contributed by atoms with Crippen LogP contribution < -0.4 is 16.6 Å². The van der Waals surface area contributed by atoms with Crippen molar-refractivity contribution >= 4 is 73.7 Å². The number of thioether (sulfide) groups is 2. The van der Waals surface area contributed by atoms with Crippen LogP contribution in [0, 0.1) is 36.5 Å². The molecule has 1 amide bonds. The molecule has 3 heterocycles. The molecule has 0 aliphatic heterocycles. The van der Waals surface area contributed by atoms with Crippen LogP contribution >= 0.6 is 46.2 Å². The number of carbonyl (C=O) groups is 1. The van der Waals surface area contributed by atoms with Crippen LogP contribution in [0.4, 0.5) is 11.4 Å². The lowest BCUT2D eigenvalue weighted by Crippen LogP contribution is -2.20. The van der Waals surface area contributed by atoms with Gasteiger partial charge >= 0.3 is 0 Å². The molecule has 0 radical (unpaired) electrons. The van der Waals surface area contributed by atoms with Crippen LogP contribution in [0.25, 0.3) is 15.9 Å². The van der Waals surface area contributed by atoms with E-state index >= 15 is 0 Å². The van der Waals surface area contributed by atoms with Crippen LogP contribution in [0.3, 0.4) is 0 Å². The summed E-state index contributed by atoms with van der Waals surface area (Å²) in [5.74, 6) is -0.284. The second-order valence-corrected chi connectivity index (χ2v) is 14.5. The van der Waals surface area contributed by atoms with Gasteiger partial charge in [0, 0.05) is 25.5 Å². The number of fused-ring (bicyclic) bond motifs is 1. The van der Waals surface area contributed by atoms with Crippen molar-refractivity contribution in [3.05, 3.63) is 92.3 Å². The highest BCUT2D eigenvalue weighted by molar-refractivity contribution is 8.00. The van der Waals surface area contributed by atoms with Gasteiger partial charge < -0.3 is 25.3 Å². The van der Waals surface area contributed by atoms with Gasteiger partial charge in [-0.2, -0.15) is 10.5 Å². The Morgan fingerprint density at radius 1 is 0.882 bits per heavy atom. The number of aromatic nitrogens is 2. The Morgan fingerprint density at radius 2 is 1.39 bits per heavy atom. The molecule has 0 saturated heterocycles. The van der Waals surface area contributed by atoms with Crippen LogP contribution in [0.1, 0.15) is 52.7 Å². The first-order chi connectivity index (χ1) is 24.6. The van der Waals surface area contributed by atoms with Crippen LogP contribution in [0.5, 0.6) is 0 Å². The Balaban J connectivity index is 0.000000220. The largest absolute Gasteiger partial charge is 0.396 e. The van der Waals surface area contributed by atoms with Crippen LogP contribution in [0.15, 0.2) is 68.1 Å². The maximum atomic E-state index is 12.6. The fraction of sp³-hybridized carbons (Fsp3) is 0.306. The normalized spacial score (nSPS) is 10.5. The van der Waals surface area contributed by atoms with Gasteiger partial charge in [0.1, 0.15) is 44.7 Å². The molecule has 0 saturated carbocycles. The quantitative estimate of drug-likeness (QED) is 0.0983. The molecule has 2 aromatic carbocycles. The van der Waals surface area contributed by atoms with Crippen molar-refractivity contribution < 1.29 is 19.0 Å². The average Bonchev–Trinajstić information content (AvgIpc) is 3.67. The maximum absolute atomic E-state index is 12.6. The fourth-order valence-corrected chi connectivity index (χ4v) is 7.84. The van der Waals surface area contributed by atoms with E-state index in [2.05, 4.69) is 16.4 Å². The third-order valence-corrected chi connectivity index (χ3v) is 11.4. The van der Waals surface area contributed by atoms with Crippen LogP contribution in [-0.4, -0.2) is 54.3 Å². The number of nitrogens with two attached hydrogens (primary N) is 1. The molecular weight excluding hydrogens is 725 g/mol. The molecule has 0 bridgehead atoms. The average molecular weight is 765 g/mol. The molecule has 5 rings (SSSR count). The predicted octanol–water partition coefficient (Wildman–Crippen LogP) is 8.21. The molecule has 5 aromatic rings. The first-order valence-corrected chi connectivity index (χ1v) is 19.8. The number of nitrogen functional groups attached to an aromatic ring is 1. The van der Waals surface area contributed by atoms with Gasteiger partial charge in [-0.15, -0.1) is 46.2 Å². The minimum absolute atomic E-state index is 0.134. The zero-order valence-electron chi connectivity index (χ0n) is 29.4. The number of ether oxygens (including phenoxy) is 3. The van der Waals surface area contributed by atoms with E-state index in [1.54, 1.807) is 0 Å². The van der Waals surface area contributed by atoms with Gasteiger partial charge in [-0.05, 0) is 71.4 Å². The number of amides is 1. The van der Waals surface area contributed by atoms with Gasteiger partial charge in [-0.25, -0.2) is 4.98 Å². The van der Waals surface area contributed by atoms with Crippen molar-refractivity contribution in [3.63, 3.8) is 0 Å². The minimum atomic E-state index is -0.472. The summed E-state index contributed by atoms with van der Waals surface area (Å²) in [7, 11) is 0. The summed E-state index contributed by atoms with van der Waals surface area (Å²) >= 11 is 5.46. The van der Waals surface area contributed by atoms with E-state index in [-0.39, 0.29) is 17.2 Å². The number of nitrogens with one attached hydrogen (secondary N) is 1. The van der Waals surface area contributed by atoms with E-state index in [9.17, 15) is 14.9 Å². The summed E-state index contributed by atoms with van der Waals surface area (Å²) in [6.45, 7) is 11.1. The van der Waals surface area contributed by atoms with E-state index in [0.29, 0.717) is 51.7 Å². The Morgan fingerprint density at radius 3 is 1.86 bits per heavy atom. The second-order valence-electron chi connectivity index (χ2n) is 10.3. The highest BCUT2D eigenvalue weighted by Gasteiger charge is 2.21. The van der Waals surface area contributed by atoms with E-state index in [4.69, 9.17) is 25.2 Å². The lowest BCUT2D eigenvalue weighted by molar-refractivity contribution is -0.282. The molecule has 15 heteroatoms. The summed E-state index contributed by atoms with van der Waals surface area (Å²) in [5.41, 5.74) is 11.1. The van der Waals surface area contributed by atoms with Crippen LogP contribution in [-0.2, 0) is 14.2 Å². The van der Waals surface area contributed by atoms with E-state index < -0.39 is 6.48 Å². The molecular formula is C36H40N6O5S4. The number of aryl methyl sites for hydroxylation is 2. The van der Waals surface area contributed by atoms with E-state index in [0.717, 1.165) is 25.2 Å². The molecule has 11 nitrogen and oxygen atoms in total. The van der Waals surface area contributed by atoms with Crippen molar-refractivity contribution in [2.24, 2.45) is 0 Å².